The van der Waals surface area contributed by atoms with Gasteiger partial charge in [0.25, 0.3) is 5.91 Å². The SMILES string of the molecule is C=C1NCC(=O)N1c1cccnc1. The Morgan fingerprint density at radius 1 is 1.62 bits per heavy atom. The van der Waals surface area contributed by atoms with Gasteiger partial charge in [0.2, 0.25) is 0 Å². The van der Waals surface area contributed by atoms with Gasteiger partial charge in [-0.2, -0.15) is 0 Å². The number of hydrogen-bond donors (Lipinski definition) is 1. The van der Waals surface area contributed by atoms with E-state index >= 15 is 0 Å². The first-order valence-corrected chi connectivity index (χ1v) is 3.95. The number of nitrogens with zero attached hydrogens (tertiary/aromatic N) is 2. The molecule has 2 rings (SSSR count). The van der Waals surface area contributed by atoms with Crippen LogP contribution in [0.15, 0.2) is 36.9 Å². The second-order valence-corrected chi connectivity index (χ2v) is 2.74. The van der Waals surface area contributed by atoms with Crippen LogP contribution in [-0.4, -0.2) is 17.4 Å². The molecule has 1 aliphatic rings. The highest BCUT2D eigenvalue weighted by molar-refractivity contribution is 6.00. The second-order valence-electron chi connectivity index (χ2n) is 2.74. The van der Waals surface area contributed by atoms with E-state index in [1.165, 1.54) is 4.90 Å². The number of aromatic nitrogens is 1. The molecule has 0 saturated carbocycles. The predicted octanol–water partition coefficient (Wildman–Crippen LogP) is 0.489. The molecule has 0 unspecified atom stereocenters. The minimum Gasteiger partial charge on any atom is -0.362 e. The van der Waals surface area contributed by atoms with Crippen LogP contribution in [0.25, 0.3) is 0 Å². The lowest BCUT2D eigenvalue weighted by Gasteiger charge is -2.14. The molecule has 1 aromatic heterocycles. The van der Waals surface area contributed by atoms with E-state index in [1.807, 2.05) is 6.07 Å². The maximum Gasteiger partial charge on any atom is 0.252 e. The van der Waals surface area contributed by atoms with Gasteiger partial charge in [-0.15, -0.1) is 0 Å². The van der Waals surface area contributed by atoms with Crippen molar-refractivity contribution in [1.82, 2.24) is 10.3 Å². The van der Waals surface area contributed by atoms with E-state index in [4.69, 9.17) is 0 Å². The van der Waals surface area contributed by atoms with E-state index in [9.17, 15) is 4.79 Å². The molecule has 0 radical (unpaired) electrons. The Labute approximate surface area is 75.9 Å². The van der Waals surface area contributed by atoms with Crippen LogP contribution in [0, 0.1) is 0 Å². The Hall–Kier alpha value is -1.84. The van der Waals surface area contributed by atoms with Crippen molar-refractivity contribution in [2.75, 3.05) is 11.4 Å². The van der Waals surface area contributed by atoms with Crippen molar-refractivity contribution in [1.29, 1.82) is 0 Å². The average Bonchev–Trinajstić information content (AvgIpc) is 2.48. The van der Waals surface area contributed by atoms with Crippen LogP contribution >= 0.6 is 0 Å². The van der Waals surface area contributed by atoms with Crippen molar-refractivity contribution < 1.29 is 4.79 Å². The monoisotopic (exact) mass is 175 g/mol. The molecule has 1 saturated heterocycles. The average molecular weight is 175 g/mol. The zero-order valence-electron chi connectivity index (χ0n) is 7.03. The highest BCUT2D eigenvalue weighted by Gasteiger charge is 2.24. The van der Waals surface area contributed by atoms with Crippen molar-refractivity contribution in [3.8, 4) is 0 Å². The Kier molecular flexibility index (Phi) is 1.73. The lowest BCUT2D eigenvalue weighted by molar-refractivity contribution is -0.115. The van der Waals surface area contributed by atoms with E-state index < -0.39 is 0 Å². The molecule has 0 aliphatic carbocycles. The highest BCUT2D eigenvalue weighted by atomic mass is 16.2. The van der Waals surface area contributed by atoms with Gasteiger partial charge in [0.05, 0.1) is 18.4 Å². The number of rotatable bonds is 1. The van der Waals surface area contributed by atoms with Gasteiger partial charge < -0.3 is 5.32 Å². The van der Waals surface area contributed by atoms with Crippen molar-refractivity contribution in [3.63, 3.8) is 0 Å². The van der Waals surface area contributed by atoms with Crippen molar-refractivity contribution in [3.05, 3.63) is 36.9 Å². The van der Waals surface area contributed by atoms with E-state index in [2.05, 4.69) is 16.9 Å². The fraction of sp³-hybridized carbons (Fsp3) is 0.111. The molecule has 4 nitrogen and oxygen atoms in total. The number of pyridine rings is 1. The summed E-state index contributed by atoms with van der Waals surface area (Å²) >= 11 is 0. The summed E-state index contributed by atoms with van der Waals surface area (Å²) in [5.74, 6) is 0.607. The molecule has 13 heavy (non-hydrogen) atoms. The van der Waals surface area contributed by atoms with Gasteiger partial charge in [0.1, 0.15) is 5.82 Å². The van der Waals surface area contributed by atoms with Crippen LogP contribution in [0.2, 0.25) is 0 Å². The number of amides is 1. The largest absolute Gasteiger partial charge is 0.362 e. The van der Waals surface area contributed by atoms with Gasteiger partial charge >= 0.3 is 0 Å². The quantitative estimate of drug-likeness (QED) is 0.675. The van der Waals surface area contributed by atoms with Crippen LogP contribution in [0.1, 0.15) is 0 Å². The number of hydrogen-bond acceptors (Lipinski definition) is 3. The molecule has 1 amide bonds. The molecule has 2 heterocycles. The smallest absolute Gasteiger partial charge is 0.252 e. The molecule has 0 bridgehead atoms. The first-order chi connectivity index (χ1) is 6.29. The van der Waals surface area contributed by atoms with Crippen LogP contribution < -0.4 is 10.2 Å². The third kappa shape index (κ3) is 1.26. The van der Waals surface area contributed by atoms with Crippen molar-refractivity contribution in [2.24, 2.45) is 0 Å². The molecule has 1 N–H and O–H groups in total. The van der Waals surface area contributed by atoms with Crippen molar-refractivity contribution in [2.45, 2.75) is 0 Å². The summed E-state index contributed by atoms with van der Waals surface area (Å²) in [5, 5.41) is 2.87. The van der Waals surface area contributed by atoms with Gasteiger partial charge in [-0.05, 0) is 12.1 Å². The normalized spacial score (nSPS) is 16.2. The first-order valence-electron chi connectivity index (χ1n) is 3.95. The minimum atomic E-state index is -0.00185. The van der Waals surface area contributed by atoms with Crippen LogP contribution in [-0.2, 0) is 4.79 Å². The maximum absolute atomic E-state index is 11.4. The molecule has 1 fully saturated rings. The van der Waals surface area contributed by atoms with Gasteiger partial charge in [0.15, 0.2) is 0 Å². The fourth-order valence-electron chi connectivity index (χ4n) is 1.27. The molecule has 0 aromatic carbocycles. The summed E-state index contributed by atoms with van der Waals surface area (Å²) in [6.45, 7) is 4.04. The van der Waals surface area contributed by atoms with E-state index in [0.717, 1.165) is 5.69 Å². The molecular formula is C9H9N3O. The number of anilines is 1. The molecule has 0 atom stereocenters. The lowest BCUT2D eigenvalue weighted by atomic mass is 10.4. The summed E-state index contributed by atoms with van der Waals surface area (Å²) in [6, 6.07) is 3.61. The predicted molar refractivity (Wildman–Crippen MR) is 48.9 cm³/mol. The second kappa shape index (κ2) is 2.90. The Balaban J connectivity index is 2.36. The lowest BCUT2D eigenvalue weighted by Crippen LogP contribution is -2.23. The van der Waals surface area contributed by atoms with Crippen LogP contribution in [0.3, 0.4) is 0 Å². The highest BCUT2D eigenvalue weighted by Crippen LogP contribution is 2.18. The van der Waals surface area contributed by atoms with Crippen LogP contribution in [0.4, 0.5) is 5.69 Å². The Morgan fingerprint density at radius 3 is 3.00 bits per heavy atom. The van der Waals surface area contributed by atoms with Gasteiger partial charge in [-0.25, -0.2) is 0 Å². The summed E-state index contributed by atoms with van der Waals surface area (Å²) in [5.41, 5.74) is 0.752. The van der Waals surface area contributed by atoms with Gasteiger partial charge in [-0.3, -0.25) is 14.7 Å². The molecule has 66 valence electrons. The summed E-state index contributed by atoms with van der Waals surface area (Å²) in [4.78, 5) is 16.8. The standard InChI is InChI=1S/C9H9N3O/c1-7-11-6-9(13)12(7)8-3-2-4-10-5-8/h2-5,11H,1,6H2. The van der Waals surface area contributed by atoms with Gasteiger partial charge in [0, 0.05) is 6.20 Å². The maximum atomic E-state index is 11.4. The van der Waals surface area contributed by atoms with E-state index in [1.54, 1.807) is 18.5 Å². The van der Waals surface area contributed by atoms with E-state index in [0.29, 0.717) is 12.4 Å². The minimum absolute atomic E-state index is 0.00185. The third-order valence-corrected chi connectivity index (χ3v) is 1.87. The zero-order chi connectivity index (χ0) is 9.26. The summed E-state index contributed by atoms with van der Waals surface area (Å²) < 4.78 is 0. The fourth-order valence-corrected chi connectivity index (χ4v) is 1.27. The molecule has 0 spiro atoms. The summed E-state index contributed by atoms with van der Waals surface area (Å²) in [6.07, 6.45) is 3.30. The Bertz CT molecular complexity index is 331. The summed E-state index contributed by atoms with van der Waals surface area (Å²) in [7, 11) is 0. The first kappa shape index (κ1) is 7.79. The third-order valence-electron chi connectivity index (χ3n) is 1.87. The van der Waals surface area contributed by atoms with E-state index in [-0.39, 0.29) is 5.91 Å². The molecule has 4 heteroatoms. The molecule has 1 aromatic rings. The Morgan fingerprint density at radius 2 is 2.46 bits per heavy atom. The zero-order valence-corrected chi connectivity index (χ0v) is 7.03. The number of carbonyl (C=O) groups is 1. The van der Waals surface area contributed by atoms with Crippen molar-refractivity contribution >= 4 is 11.6 Å². The van der Waals surface area contributed by atoms with Gasteiger partial charge in [-0.1, -0.05) is 6.58 Å². The number of carbonyl (C=O) groups excluding carboxylic acids is 1. The van der Waals surface area contributed by atoms with Crippen LogP contribution in [0.5, 0.6) is 0 Å². The topological polar surface area (TPSA) is 45.2 Å². The molecule has 1 aliphatic heterocycles. The molecular weight excluding hydrogens is 166 g/mol. The number of nitrogens with one attached hydrogen (secondary N) is 1.